The third-order valence-electron chi connectivity index (χ3n) is 9.97. The molecule has 2 saturated carbocycles. The largest absolute Gasteiger partial charge is 0.119 e. The topological polar surface area (TPSA) is 0 Å². The molecule has 0 amide bonds. The van der Waals surface area contributed by atoms with Gasteiger partial charge in [-0.15, -0.1) is 6.42 Å². The Bertz CT molecular complexity index is 1180. The molecule has 39 heavy (non-hydrogen) atoms. The lowest BCUT2D eigenvalue weighted by Gasteiger charge is -2.49. The van der Waals surface area contributed by atoms with Crippen molar-refractivity contribution in [2.45, 2.75) is 123 Å². The van der Waals surface area contributed by atoms with Crippen LogP contribution in [-0.4, -0.2) is 21.6 Å². The van der Waals surface area contributed by atoms with E-state index < -0.39 is 7.92 Å². The zero-order valence-corrected chi connectivity index (χ0v) is 28.5. The van der Waals surface area contributed by atoms with Gasteiger partial charge in [0.05, 0.1) is 5.66 Å². The molecule has 0 spiro atoms. The second-order valence-corrected chi connectivity index (χ2v) is 20.8. The summed E-state index contributed by atoms with van der Waals surface area (Å²) in [6.45, 7) is 26.7. The van der Waals surface area contributed by atoms with E-state index in [2.05, 4.69) is 118 Å². The second-order valence-electron chi connectivity index (χ2n) is 14.5. The predicted octanol–water partition coefficient (Wildman–Crippen LogP) is 10.8. The maximum absolute atomic E-state index is 6.70. The van der Waals surface area contributed by atoms with Crippen molar-refractivity contribution >= 4 is 21.1 Å². The van der Waals surface area contributed by atoms with Crippen LogP contribution in [0.1, 0.15) is 100 Å². The van der Waals surface area contributed by atoms with E-state index in [1.807, 2.05) is 11.1 Å². The van der Waals surface area contributed by atoms with Gasteiger partial charge in [0, 0.05) is 0 Å². The molecule has 0 aromatic heterocycles. The van der Waals surface area contributed by atoms with Gasteiger partial charge in [0.2, 0.25) is 0 Å². The number of fused-ring (bicyclic) bond motifs is 5. The molecule has 0 N–H and O–H groups in total. The van der Waals surface area contributed by atoms with Crippen molar-refractivity contribution in [2.75, 3.05) is 0 Å². The van der Waals surface area contributed by atoms with Crippen molar-refractivity contribution in [1.29, 1.82) is 0 Å². The highest BCUT2D eigenvalue weighted by molar-refractivity contribution is 7.71. The number of allylic oxidation sites excluding steroid dienone is 6. The minimum Gasteiger partial charge on any atom is -0.119 e. The maximum atomic E-state index is 6.70. The van der Waals surface area contributed by atoms with Gasteiger partial charge in [0.25, 0.3) is 0 Å². The van der Waals surface area contributed by atoms with E-state index in [9.17, 15) is 0 Å². The lowest BCUT2D eigenvalue weighted by molar-refractivity contribution is 0.249. The highest BCUT2D eigenvalue weighted by Gasteiger charge is 2.57. The summed E-state index contributed by atoms with van der Waals surface area (Å²) < 4.78 is 0. The van der Waals surface area contributed by atoms with Crippen LogP contribution in [-0.2, 0) is 0 Å². The highest BCUT2D eigenvalue weighted by atomic mass is 31.1. The fourth-order valence-electron chi connectivity index (χ4n) is 8.89. The van der Waals surface area contributed by atoms with Gasteiger partial charge in [0.15, 0.2) is 0 Å². The fraction of sp³-hybridized carbons (Fsp3) is 0.622. The molecule has 212 valence electrons. The molecule has 4 rings (SSSR count). The van der Waals surface area contributed by atoms with Crippen LogP contribution in [0.5, 0.6) is 0 Å². The minimum absolute atomic E-state index is 0.141. The third-order valence-corrected chi connectivity index (χ3v) is 17.2. The Morgan fingerprint density at radius 2 is 1.69 bits per heavy atom. The van der Waals surface area contributed by atoms with Crippen molar-refractivity contribution in [3.8, 4) is 12.3 Å². The summed E-state index contributed by atoms with van der Waals surface area (Å²) >= 11 is 0. The average molecular weight is 561 g/mol. The van der Waals surface area contributed by atoms with E-state index in [-0.39, 0.29) is 13.6 Å². The first-order valence-electron chi connectivity index (χ1n) is 15.4. The van der Waals surface area contributed by atoms with Gasteiger partial charge in [-0.25, -0.2) is 0 Å². The van der Waals surface area contributed by atoms with Gasteiger partial charge in [-0.3, -0.25) is 0 Å². The molecule has 2 fully saturated rings. The third kappa shape index (κ3) is 5.67. The van der Waals surface area contributed by atoms with Crippen molar-refractivity contribution in [2.24, 2.45) is 23.7 Å². The number of hydrogen-bond donors (Lipinski definition) is 0. The molecule has 0 saturated heterocycles. The fourth-order valence-corrected chi connectivity index (χ4v) is 17.4. The summed E-state index contributed by atoms with van der Waals surface area (Å²) in [5, 5.41) is 3.74. The maximum Gasteiger partial charge on any atom is 0.0518 e. The number of terminal acetylenes is 1. The standard InChI is InChI=1S/C37H54P2/c1-13-18-32(24(4)14-2)38(33-20-17-16-19-25(33)5)31(15-3)35-26(6)28-23-30(35)29-21-27(28)22-34(29)39(36(7,8)9)37(10,11)12/h3,14,16-20,26,29-31,34-35H,13,21-23H2,1-2,4-12H3. The Morgan fingerprint density at radius 3 is 2.23 bits per heavy atom. The second kappa shape index (κ2) is 11.6. The Kier molecular flexibility index (Phi) is 9.18. The number of hydrogen-bond acceptors (Lipinski definition) is 0. The molecule has 0 aliphatic heterocycles. The lowest BCUT2D eigenvalue weighted by atomic mass is 9.78. The number of benzene rings is 1. The zero-order chi connectivity index (χ0) is 28.9. The van der Waals surface area contributed by atoms with Gasteiger partial charge in [0.1, 0.15) is 0 Å². The molecule has 1 aromatic carbocycles. The van der Waals surface area contributed by atoms with Crippen LogP contribution < -0.4 is 5.30 Å². The van der Waals surface area contributed by atoms with Gasteiger partial charge in [-0.05, 0) is 116 Å². The molecule has 4 bridgehead atoms. The number of rotatable bonds is 7. The van der Waals surface area contributed by atoms with Crippen molar-refractivity contribution < 1.29 is 0 Å². The number of aryl methyl sites for hydroxylation is 1. The van der Waals surface area contributed by atoms with Crippen molar-refractivity contribution in [3.05, 3.63) is 64.0 Å². The Balaban J connectivity index is 1.85. The summed E-state index contributed by atoms with van der Waals surface area (Å²) in [5.74, 6) is 6.24. The van der Waals surface area contributed by atoms with Crippen LogP contribution >= 0.6 is 15.8 Å². The van der Waals surface area contributed by atoms with Crippen LogP contribution in [0.2, 0.25) is 0 Å². The summed E-state index contributed by atoms with van der Waals surface area (Å²) in [7, 11) is -0.801. The first-order chi connectivity index (χ1) is 18.3. The van der Waals surface area contributed by atoms with E-state index in [0.29, 0.717) is 22.1 Å². The molecule has 0 radical (unpaired) electrons. The van der Waals surface area contributed by atoms with E-state index in [1.54, 1.807) is 0 Å². The summed E-state index contributed by atoms with van der Waals surface area (Å²) in [6.07, 6.45) is 16.6. The first kappa shape index (κ1) is 30.8. The quantitative estimate of drug-likeness (QED) is 0.135. The summed E-state index contributed by atoms with van der Waals surface area (Å²) in [4.78, 5) is 0. The molecule has 7 unspecified atom stereocenters. The van der Waals surface area contributed by atoms with Crippen LogP contribution in [0.25, 0.3) is 0 Å². The molecular weight excluding hydrogens is 506 g/mol. The summed E-state index contributed by atoms with van der Waals surface area (Å²) in [6, 6.07) is 9.11. The van der Waals surface area contributed by atoms with Gasteiger partial charge < -0.3 is 0 Å². The van der Waals surface area contributed by atoms with Gasteiger partial charge in [-0.1, -0.05) is 117 Å². The lowest BCUT2D eigenvalue weighted by Crippen LogP contribution is -2.39. The van der Waals surface area contributed by atoms with Crippen LogP contribution in [0, 0.1) is 42.9 Å². The SMILES string of the molecule is C#CC(C1C(C)C2=C3CC(C1C2)C(P(C(C)(C)C)C(C)(C)C)C3)P(C(=CCC)C(C)=CC)c1ccccc1C. The molecule has 0 nitrogen and oxygen atoms in total. The van der Waals surface area contributed by atoms with Gasteiger partial charge >= 0.3 is 0 Å². The Labute approximate surface area is 244 Å². The first-order valence-corrected chi connectivity index (χ1v) is 18.2. The molecule has 2 heteroatoms. The molecule has 7 atom stereocenters. The van der Waals surface area contributed by atoms with E-state index in [4.69, 9.17) is 6.42 Å². The van der Waals surface area contributed by atoms with E-state index >= 15 is 0 Å². The molecule has 1 aromatic rings. The normalized spacial score (nSPS) is 29.2. The van der Waals surface area contributed by atoms with Gasteiger partial charge in [-0.2, -0.15) is 0 Å². The molecule has 0 heterocycles. The van der Waals surface area contributed by atoms with Crippen LogP contribution in [0.15, 0.2) is 58.5 Å². The highest BCUT2D eigenvalue weighted by Crippen LogP contribution is 2.73. The Morgan fingerprint density at radius 1 is 1.05 bits per heavy atom. The minimum atomic E-state index is -0.661. The average Bonchev–Trinajstić information content (AvgIpc) is 3.33. The van der Waals surface area contributed by atoms with Crippen LogP contribution in [0.3, 0.4) is 0 Å². The predicted molar refractivity (Wildman–Crippen MR) is 179 cm³/mol. The van der Waals surface area contributed by atoms with Crippen molar-refractivity contribution in [1.82, 2.24) is 0 Å². The smallest absolute Gasteiger partial charge is 0.0518 e. The summed E-state index contributed by atoms with van der Waals surface area (Å²) in [5.41, 5.74) is 7.55. The van der Waals surface area contributed by atoms with Crippen LogP contribution in [0.4, 0.5) is 0 Å². The van der Waals surface area contributed by atoms with Crippen molar-refractivity contribution in [3.63, 3.8) is 0 Å². The molecule has 3 aliphatic carbocycles. The molecule has 3 aliphatic rings. The zero-order valence-electron chi connectivity index (χ0n) is 26.7. The van der Waals surface area contributed by atoms with E-state index in [0.717, 1.165) is 23.9 Å². The molecular formula is C37H54P2. The Hall–Kier alpha value is -1.14. The monoisotopic (exact) mass is 560 g/mol. The van der Waals surface area contributed by atoms with E-state index in [1.165, 1.54) is 41.0 Å².